The summed E-state index contributed by atoms with van der Waals surface area (Å²) in [6, 6.07) is 27.2. The van der Waals surface area contributed by atoms with Gasteiger partial charge in [-0.2, -0.15) is 0 Å². The van der Waals surface area contributed by atoms with Crippen LogP contribution >= 0.6 is 11.8 Å². The topological polar surface area (TPSA) is 85.2 Å². The van der Waals surface area contributed by atoms with Gasteiger partial charge in [-0.1, -0.05) is 66.4 Å². The highest BCUT2D eigenvalue weighted by Crippen LogP contribution is 2.28. The van der Waals surface area contributed by atoms with Crippen molar-refractivity contribution in [1.29, 1.82) is 0 Å². The first-order valence-electron chi connectivity index (χ1n) is 10.8. The summed E-state index contributed by atoms with van der Waals surface area (Å²) >= 11 is 1.24. The molecule has 0 aliphatic carbocycles. The smallest absolute Gasteiger partial charge is 0.242 e. The van der Waals surface area contributed by atoms with E-state index in [1.165, 1.54) is 11.8 Å². The number of carbonyl (C=O) groups is 1. The van der Waals surface area contributed by atoms with Gasteiger partial charge in [-0.15, -0.1) is 10.2 Å². The summed E-state index contributed by atoms with van der Waals surface area (Å²) in [6.07, 6.45) is 0. The molecule has 9 heteroatoms. The van der Waals surface area contributed by atoms with E-state index in [2.05, 4.69) is 10.2 Å². The molecule has 0 saturated carbocycles. The van der Waals surface area contributed by atoms with Gasteiger partial charge in [0, 0.05) is 17.9 Å². The van der Waals surface area contributed by atoms with E-state index in [-0.39, 0.29) is 22.3 Å². The molecule has 0 bridgehead atoms. The highest BCUT2D eigenvalue weighted by Gasteiger charge is 2.23. The second-order valence-electron chi connectivity index (χ2n) is 7.40. The van der Waals surface area contributed by atoms with E-state index in [0.29, 0.717) is 17.5 Å². The number of rotatable bonds is 9. The average Bonchev–Trinajstić information content (AvgIpc) is 3.25. The molecule has 0 spiro atoms. The quantitative estimate of drug-likeness (QED) is 0.314. The molecule has 1 aromatic heterocycles. The van der Waals surface area contributed by atoms with Gasteiger partial charge in [-0.05, 0) is 43.3 Å². The predicted octanol–water partition coefficient (Wildman–Crippen LogP) is 4.73. The third-order valence-electron chi connectivity index (χ3n) is 5.13. The maximum absolute atomic E-state index is 13.3. The summed E-state index contributed by atoms with van der Waals surface area (Å²) in [5.41, 5.74) is 1.54. The molecule has 34 heavy (non-hydrogen) atoms. The number of benzene rings is 3. The Morgan fingerprint density at radius 3 is 1.91 bits per heavy atom. The van der Waals surface area contributed by atoms with Gasteiger partial charge in [0.05, 0.1) is 10.6 Å². The maximum atomic E-state index is 13.3. The van der Waals surface area contributed by atoms with Crippen LogP contribution < -0.4 is 4.90 Å². The third-order valence-corrected chi connectivity index (χ3v) is 7.71. The molecule has 0 unspecified atom stereocenters. The van der Waals surface area contributed by atoms with Crippen molar-refractivity contribution in [2.24, 2.45) is 0 Å². The van der Waals surface area contributed by atoms with Gasteiger partial charge in [0.25, 0.3) is 0 Å². The summed E-state index contributed by atoms with van der Waals surface area (Å²) in [7, 11) is -3.56. The fourth-order valence-electron chi connectivity index (χ4n) is 3.51. The molecule has 0 radical (unpaired) electrons. The summed E-state index contributed by atoms with van der Waals surface area (Å²) < 4.78 is 27.3. The number of carbonyl (C=O) groups excluding carboxylic acids is 1. The first-order chi connectivity index (χ1) is 16.5. The Hall–Kier alpha value is -3.43. The highest BCUT2D eigenvalue weighted by molar-refractivity contribution is 7.99. The first kappa shape index (κ1) is 23.7. The zero-order valence-corrected chi connectivity index (χ0v) is 20.2. The van der Waals surface area contributed by atoms with Crippen LogP contribution in [0.3, 0.4) is 0 Å². The molecule has 0 saturated heterocycles. The van der Waals surface area contributed by atoms with E-state index in [9.17, 15) is 13.2 Å². The van der Waals surface area contributed by atoms with E-state index in [4.69, 9.17) is 0 Å². The van der Waals surface area contributed by atoms with Crippen LogP contribution in [0, 0.1) is 0 Å². The van der Waals surface area contributed by atoms with Crippen molar-refractivity contribution in [1.82, 2.24) is 14.8 Å². The van der Waals surface area contributed by atoms with Gasteiger partial charge < -0.3 is 4.57 Å². The molecule has 0 N–H and O–H groups in total. The van der Waals surface area contributed by atoms with Crippen LogP contribution in [-0.2, 0) is 26.9 Å². The number of hydrogen-bond donors (Lipinski definition) is 0. The SMILES string of the molecule is CCn1c(CS(=O)(=O)c2ccccc2)nnc1SCC(=O)N(c1ccccc1)c1ccccc1. The molecule has 4 aromatic rings. The molecule has 7 nitrogen and oxygen atoms in total. The monoisotopic (exact) mass is 492 g/mol. The van der Waals surface area contributed by atoms with Gasteiger partial charge >= 0.3 is 0 Å². The Labute approximate surface area is 203 Å². The fourth-order valence-corrected chi connectivity index (χ4v) is 5.68. The molecular formula is C25H24N4O3S2. The van der Waals surface area contributed by atoms with Crippen LogP contribution in [0.4, 0.5) is 11.4 Å². The van der Waals surface area contributed by atoms with E-state index >= 15 is 0 Å². The number of nitrogens with zero attached hydrogens (tertiary/aromatic N) is 4. The van der Waals surface area contributed by atoms with E-state index < -0.39 is 9.84 Å². The molecule has 3 aromatic carbocycles. The Balaban J connectivity index is 1.53. The van der Waals surface area contributed by atoms with Crippen molar-refractivity contribution >= 4 is 38.9 Å². The largest absolute Gasteiger partial charge is 0.305 e. The summed E-state index contributed by atoms with van der Waals surface area (Å²) in [5, 5.41) is 8.82. The van der Waals surface area contributed by atoms with Crippen molar-refractivity contribution in [3.63, 3.8) is 0 Å². The number of sulfone groups is 1. The average molecular weight is 493 g/mol. The van der Waals surface area contributed by atoms with Crippen LogP contribution in [-0.4, -0.2) is 34.8 Å². The lowest BCUT2D eigenvalue weighted by molar-refractivity contribution is -0.115. The van der Waals surface area contributed by atoms with Gasteiger partial charge in [0.2, 0.25) is 5.91 Å². The highest BCUT2D eigenvalue weighted by atomic mass is 32.2. The minimum Gasteiger partial charge on any atom is -0.305 e. The molecular weight excluding hydrogens is 468 g/mol. The van der Waals surface area contributed by atoms with Gasteiger partial charge in [-0.3, -0.25) is 9.69 Å². The summed E-state index contributed by atoms with van der Waals surface area (Å²) in [6.45, 7) is 2.39. The molecule has 0 aliphatic heterocycles. The molecule has 0 fully saturated rings. The first-order valence-corrected chi connectivity index (χ1v) is 13.4. The normalized spacial score (nSPS) is 11.3. The van der Waals surface area contributed by atoms with Crippen molar-refractivity contribution < 1.29 is 13.2 Å². The zero-order chi connectivity index (χ0) is 24.0. The van der Waals surface area contributed by atoms with Gasteiger partial charge in [0.1, 0.15) is 11.6 Å². The Morgan fingerprint density at radius 2 is 1.38 bits per heavy atom. The van der Waals surface area contributed by atoms with Gasteiger partial charge in [-0.25, -0.2) is 8.42 Å². The minimum atomic E-state index is -3.56. The standard InChI is InChI=1S/C25H24N4O3S2/c1-2-28-23(19-34(31,32)22-16-10-5-11-17-22)26-27-25(28)33-18-24(30)29(20-12-6-3-7-13-20)21-14-8-4-9-15-21/h3-17H,2,18-19H2,1H3. The van der Waals surface area contributed by atoms with E-state index in [1.54, 1.807) is 39.8 Å². The molecule has 1 amide bonds. The number of aromatic nitrogens is 3. The van der Waals surface area contributed by atoms with Crippen LogP contribution in [0.25, 0.3) is 0 Å². The van der Waals surface area contributed by atoms with Crippen molar-refractivity contribution in [2.75, 3.05) is 10.7 Å². The number of anilines is 2. The Morgan fingerprint density at radius 1 is 0.853 bits per heavy atom. The number of amides is 1. The number of para-hydroxylation sites is 2. The maximum Gasteiger partial charge on any atom is 0.242 e. The zero-order valence-electron chi connectivity index (χ0n) is 18.6. The third kappa shape index (κ3) is 5.37. The van der Waals surface area contributed by atoms with Crippen molar-refractivity contribution in [3.8, 4) is 0 Å². The molecule has 4 rings (SSSR count). The molecule has 1 heterocycles. The number of hydrogen-bond acceptors (Lipinski definition) is 6. The van der Waals surface area contributed by atoms with Crippen molar-refractivity contribution in [2.45, 2.75) is 29.3 Å². The lowest BCUT2D eigenvalue weighted by Crippen LogP contribution is -2.27. The van der Waals surface area contributed by atoms with E-state index in [1.807, 2.05) is 67.6 Å². The van der Waals surface area contributed by atoms with Crippen LogP contribution in [0.1, 0.15) is 12.7 Å². The molecule has 174 valence electrons. The summed E-state index contributed by atoms with van der Waals surface area (Å²) in [5.74, 6) is 0.0932. The Kier molecular flexibility index (Phi) is 7.44. The van der Waals surface area contributed by atoms with Crippen LogP contribution in [0.5, 0.6) is 0 Å². The molecule has 0 aliphatic rings. The minimum absolute atomic E-state index is 0.118. The summed E-state index contributed by atoms with van der Waals surface area (Å²) in [4.78, 5) is 15.2. The van der Waals surface area contributed by atoms with Crippen molar-refractivity contribution in [3.05, 3.63) is 96.8 Å². The van der Waals surface area contributed by atoms with Crippen LogP contribution in [0.2, 0.25) is 0 Å². The molecule has 0 atom stereocenters. The Bertz CT molecular complexity index is 1300. The lowest BCUT2D eigenvalue weighted by Gasteiger charge is -2.23. The van der Waals surface area contributed by atoms with Gasteiger partial charge in [0.15, 0.2) is 15.0 Å². The second kappa shape index (κ2) is 10.7. The van der Waals surface area contributed by atoms with E-state index in [0.717, 1.165) is 11.4 Å². The number of thioether (sulfide) groups is 1. The fraction of sp³-hybridized carbons (Fsp3) is 0.160. The van der Waals surface area contributed by atoms with Crippen LogP contribution in [0.15, 0.2) is 101 Å². The lowest BCUT2D eigenvalue weighted by atomic mass is 10.2. The predicted molar refractivity (Wildman–Crippen MR) is 134 cm³/mol. The second-order valence-corrected chi connectivity index (χ2v) is 10.3.